The Bertz CT molecular complexity index is 1010. The van der Waals surface area contributed by atoms with E-state index in [1.54, 1.807) is 38.1 Å². The molecule has 13 nitrogen and oxygen atoms in total. The Hall–Kier alpha value is -4.16. The maximum Gasteiger partial charge on any atom is 0.407 e. The molecule has 37 heavy (non-hydrogen) atoms. The summed E-state index contributed by atoms with van der Waals surface area (Å²) >= 11 is 0. The molecule has 1 aliphatic rings. The van der Waals surface area contributed by atoms with Gasteiger partial charge in [-0.25, -0.2) is 4.79 Å². The fourth-order valence-electron chi connectivity index (χ4n) is 3.92. The number of aldehydes is 1. The van der Waals surface area contributed by atoms with Gasteiger partial charge in [0.2, 0.25) is 11.8 Å². The van der Waals surface area contributed by atoms with Crippen LogP contribution in [0.4, 0.5) is 4.79 Å². The van der Waals surface area contributed by atoms with Gasteiger partial charge >= 0.3 is 12.1 Å². The highest BCUT2D eigenvalue weighted by atomic mass is 16.5. The number of carboxylic acids is 1. The van der Waals surface area contributed by atoms with E-state index >= 15 is 0 Å². The van der Waals surface area contributed by atoms with E-state index in [-0.39, 0.29) is 18.9 Å². The van der Waals surface area contributed by atoms with Gasteiger partial charge in [0.15, 0.2) is 0 Å². The molecule has 1 fully saturated rings. The van der Waals surface area contributed by atoms with E-state index in [4.69, 9.17) is 9.84 Å². The summed E-state index contributed by atoms with van der Waals surface area (Å²) in [4.78, 5) is 74.7. The molecule has 1 saturated heterocycles. The second-order valence-corrected chi connectivity index (χ2v) is 8.85. The Morgan fingerprint density at radius 3 is 2.27 bits per heavy atom. The predicted octanol–water partition coefficient (Wildman–Crippen LogP) is -0.0665. The molecule has 4 amide bonds. The van der Waals surface area contributed by atoms with Gasteiger partial charge in [0, 0.05) is 12.1 Å². The lowest BCUT2D eigenvalue weighted by molar-refractivity contribution is -0.142. The van der Waals surface area contributed by atoms with Crippen LogP contribution in [0.1, 0.15) is 37.0 Å². The average Bonchev–Trinajstić information content (AvgIpc) is 3.29. The average molecular weight is 521 g/mol. The lowest BCUT2D eigenvalue weighted by Gasteiger charge is -2.30. The van der Waals surface area contributed by atoms with Crippen molar-refractivity contribution in [2.24, 2.45) is 5.92 Å². The van der Waals surface area contributed by atoms with E-state index in [0.29, 0.717) is 17.6 Å². The zero-order chi connectivity index (χ0) is 27.7. The number of amides is 4. The number of rotatable bonds is 11. The minimum atomic E-state index is -1.30. The number of carboxylic acid groups (broad SMARTS) is 1. The molecule has 1 aliphatic heterocycles. The van der Waals surface area contributed by atoms with Gasteiger partial charge in [-0.05, 0) is 36.6 Å². The number of hydrogen-bond donors (Lipinski definition) is 4. The first kappa shape index (κ1) is 29.1. The Morgan fingerprint density at radius 2 is 1.76 bits per heavy atom. The van der Waals surface area contributed by atoms with Crippen molar-refractivity contribution >= 4 is 36.1 Å². The number of likely N-dealkylation sites (tertiary alicyclic amines) is 1. The van der Waals surface area contributed by atoms with Crippen LogP contribution in [-0.2, 0) is 23.9 Å². The van der Waals surface area contributed by atoms with Crippen LogP contribution in [0.3, 0.4) is 0 Å². The van der Waals surface area contributed by atoms with Gasteiger partial charge in [0.25, 0.3) is 5.91 Å². The summed E-state index contributed by atoms with van der Waals surface area (Å²) < 4.78 is 9.69. The summed E-state index contributed by atoms with van der Waals surface area (Å²) in [6, 6.07) is 2.17. The predicted molar refractivity (Wildman–Crippen MR) is 129 cm³/mol. The van der Waals surface area contributed by atoms with Crippen molar-refractivity contribution in [2.45, 2.75) is 50.9 Å². The van der Waals surface area contributed by atoms with Crippen LogP contribution in [0.5, 0.6) is 5.75 Å². The molecule has 4 atom stereocenters. The number of alkyl carbamates (subject to hydrolysis) is 1. The van der Waals surface area contributed by atoms with Gasteiger partial charge in [-0.2, -0.15) is 0 Å². The number of nitrogens with zero attached hydrogens (tertiary/aromatic N) is 1. The molecule has 0 bridgehead atoms. The van der Waals surface area contributed by atoms with E-state index < -0.39 is 60.4 Å². The summed E-state index contributed by atoms with van der Waals surface area (Å²) in [6.45, 7) is 3.38. The lowest BCUT2D eigenvalue weighted by atomic mass is 10.0. The zero-order valence-corrected chi connectivity index (χ0v) is 21.1. The van der Waals surface area contributed by atoms with Crippen molar-refractivity contribution in [3.63, 3.8) is 0 Å². The third kappa shape index (κ3) is 7.92. The van der Waals surface area contributed by atoms with Crippen molar-refractivity contribution in [1.82, 2.24) is 20.9 Å². The number of methoxy groups -OCH3 is 2. The molecule has 13 heteroatoms. The summed E-state index contributed by atoms with van der Waals surface area (Å²) in [7, 11) is 2.66. The Balaban J connectivity index is 2.27. The van der Waals surface area contributed by atoms with E-state index in [1.165, 1.54) is 19.1 Å². The molecule has 1 heterocycles. The third-order valence-corrected chi connectivity index (χ3v) is 5.85. The van der Waals surface area contributed by atoms with Gasteiger partial charge in [-0.3, -0.25) is 19.2 Å². The molecule has 4 N–H and O–H groups in total. The highest BCUT2D eigenvalue weighted by Gasteiger charge is 2.43. The summed E-state index contributed by atoms with van der Waals surface area (Å²) in [6.07, 6.45) is -1.11. The number of hydrogen-bond acceptors (Lipinski definition) is 8. The highest BCUT2D eigenvalue weighted by molar-refractivity contribution is 5.99. The van der Waals surface area contributed by atoms with Crippen LogP contribution in [0.2, 0.25) is 0 Å². The molecule has 0 spiro atoms. The molecule has 1 aromatic rings. The fraction of sp³-hybridized carbons (Fsp3) is 0.500. The monoisotopic (exact) mass is 520 g/mol. The standard InChI is InChI=1S/C24H32N4O9/c1-13(2)20(27-21(32)14-5-7-17(36-3)8-6-14)23(34)28-11-15(26-24(35)37-4)9-18(28)22(33)25-16(12-29)10-19(30)31/h5-8,12-13,15-16,18,20H,9-11H2,1-4H3,(H,25,33)(H,26,35)(H,27,32)(H,30,31)/t15-,16?,18?,20?/m1/s1. The molecule has 0 saturated carbocycles. The summed E-state index contributed by atoms with van der Waals surface area (Å²) in [5.74, 6) is -2.96. The number of benzene rings is 1. The molecular weight excluding hydrogens is 488 g/mol. The second-order valence-electron chi connectivity index (χ2n) is 8.85. The van der Waals surface area contributed by atoms with Crippen molar-refractivity contribution < 1.29 is 43.3 Å². The first-order chi connectivity index (χ1) is 17.5. The molecule has 0 radical (unpaired) electrons. The van der Waals surface area contributed by atoms with Crippen LogP contribution in [0.25, 0.3) is 0 Å². The normalized spacial score (nSPS) is 18.4. The summed E-state index contributed by atoms with van der Waals surface area (Å²) in [5.41, 5.74) is 0.294. The molecule has 0 aromatic heterocycles. The largest absolute Gasteiger partial charge is 0.497 e. The SMILES string of the molecule is COC(=O)N[C@@H]1CC(C(=O)NC(C=O)CC(=O)O)N(C(=O)C(NC(=O)c2ccc(OC)cc2)C(C)C)C1. The van der Waals surface area contributed by atoms with Crippen LogP contribution < -0.4 is 20.7 Å². The zero-order valence-electron chi connectivity index (χ0n) is 21.1. The number of carbonyl (C=O) groups excluding carboxylic acids is 5. The quantitative estimate of drug-likeness (QED) is 0.291. The molecule has 0 aliphatic carbocycles. The lowest BCUT2D eigenvalue weighted by Crippen LogP contribution is -2.56. The number of carbonyl (C=O) groups is 6. The van der Waals surface area contributed by atoms with Crippen LogP contribution in [0, 0.1) is 5.92 Å². The Labute approximate surface area is 213 Å². The number of nitrogens with one attached hydrogen (secondary N) is 3. The number of aliphatic carboxylic acids is 1. The molecule has 3 unspecified atom stereocenters. The van der Waals surface area contributed by atoms with Crippen LogP contribution in [-0.4, -0.2) is 91.0 Å². The number of ether oxygens (including phenoxy) is 2. The van der Waals surface area contributed by atoms with E-state index in [1.807, 2.05) is 0 Å². The first-order valence-electron chi connectivity index (χ1n) is 11.6. The molecule has 2 rings (SSSR count). The van der Waals surface area contributed by atoms with Gasteiger partial charge in [-0.1, -0.05) is 13.8 Å². The third-order valence-electron chi connectivity index (χ3n) is 5.85. The van der Waals surface area contributed by atoms with Crippen LogP contribution >= 0.6 is 0 Å². The second kappa shape index (κ2) is 13.2. The molecule has 202 valence electrons. The van der Waals surface area contributed by atoms with Crippen molar-refractivity contribution in [1.29, 1.82) is 0 Å². The minimum Gasteiger partial charge on any atom is -0.497 e. The Morgan fingerprint density at radius 1 is 1.11 bits per heavy atom. The van der Waals surface area contributed by atoms with Gasteiger partial charge < -0.3 is 40.2 Å². The van der Waals surface area contributed by atoms with Crippen molar-refractivity contribution in [3.8, 4) is 5.75 Å². The van der Waals surface area contributed by atoms with E-state index in [9.17, 15) is 28.8 Å². The molecular formula is C24H32N4O9. The fourth-order valence-corrected chi connectivity index (χ4v) is 3.92. The van der Waals surface area contributed by atoms with Gasteiger partial charge in [0.05, 0.1) is 32.7 Å². The van der Waals surface area contributed by atoms with Crippen LogP contribution in [0.15, 0.2) is 24.3 Å². The highest BCUT2D eigenvalue weighted by Crippen LogP contribution is 2.22. The van der Waals surface area contributed by atoms with Crippen molar-refractivity contribution in [3.05, 3.63) is 29.8 Å². The van der Waals surface area contributed by atoms with E-state index in [0.717, 1.165) is 0 Å². The van der Waals surface area contributed by atoms with Gasteiger partial charge in [-0.15, -0.1) is 0 Å². The smallest absolute Gasteiger partial charge is 0.407 e. The maximum absolute atomic E-state index is 13.6. The van der Waals surface area contributed by atoms with Gasteiger partial charge in [0.1, 0.15) is 24.1 Å². The topological polar surface area (TPSA) is 180 Å². The van der Waals surface area contributed by atoms with Crippen molar-refractivity contribution in [2.75, 3.05) is 20.8 Å². The minimum absolute atomic E-state index is 0.0113. The maximum atomic E-state index is 13.6. The van der Waals surface area contributed by atoms with E-state index in [2.05, 4.69) is 20.7 Å². The first-order valence-corrected chi connectivity index (χ1v) is 11.6. The Kier molecular flexibility index (Phi) is 10.4. The molecule has 1 aromatic carbocycles. The summed E-state index contributed by atoms with van der Waals surface area (Å²) in [5, 5.41) is 16.5.